The summed E-state index contributed by atoms with van der Waals surface area (Å²) in [5.74, 6) is 0.0378. The van der Waals surface area contributed by atoms with E-state index in [0.717, 1.165) is 38.2 Å². The molecule has 0 unspecified atom stereocenters. The number of carbonyl (C=O) groups excluding carboxylic acids is 1. The minimum Gasteiger partial charge on any atom is -0.352 e. The van der Waals surface area contributed by atoms with Gasteiger partial charge in [0.1, 0.15) is 0 Å². The van der Waals surface area contributed by atoms with Crippen LogP contribution in [0.5, 0.6) is 0 Å². The predicted molar refractivity (Wildman–Crippen MR) is 96.6 cm³/mol. The van der Waals surface area contributed by atoms with Crippen molar-refractivity contribution >= 4 is 5.91 Å². The summed E-state index contributed by atoms with van der Waals surface area (Å²) in [6, 6.07) is 8.01. The first-order valence-electron chi connectivity index (χ1n) is 9.00. The maximum absolute atomic E-state index is 12.2. The first kappa shape index (κ1) is 17.7. The van der Waals surface area contributed by atoms with Gasteiger partial charge in [-0.3, -0.25) is 9.69 Å². The van der Waals surface area contributed by atoms with Crippen molar-refractivity contribution in [2.75, 3.05) is 19.6 Å². The third-order valence-corrected chi connectivity index (χ3v) is 4.63. The van der Waals surface area contributed by atoms with Crippen molar-refractivity contribution in [2.24, 2.45) is 0 Å². The first-order chi connectivity index (χ1) is 11.2. The lowest BCUT2D eigenvalue weighted by molar-refractivity contribution is 0.0954. The van der Waals surface area contributed by atoms with Gasteiger partial charge in [0.25, 0.3) is 5.91 Å². The minimum atomic E-state index is 0.0378. The van der Waals surface area contributed by atoms with Crippen LogP contribution in [-0.2, 0) is 6.54 Å². The Bertz CT molecular complexity index is 515. The van der Waals surface area contributed by atoms with Gasteiger partial charge in [-0.2, -0.15) is 0 Å². The van der Waals surface area contributed by atoms with E-state index in [4.69, 9.17) is 0 Å². The van der Waals surface area contributed by atoms with Gasteiger partial charge >= 0.3 is 0 Å². The maximum atomic E-state index is 12.2. The molecule has 0 bridgehead atoms. The number of benzene rings is 1. The van der Waals surface area contributed by atoms with Crippen molar-refractivity contribution < 1.29 is 4.79 Å². The summed E-state index contributed by atoms with van der Waals surface area (Å²) < 4.78 is 0. The van der Waals surface area contributed by atoms with E-state index in [1.807, 2.05) is 12.1 Å². The van der Waals surface area contributed by atoms with E-state index < -0.39 is 0 Å². The summed E-state index contributed by atoms with van der Waals surface area (Å²) >= 11 is 0. The fourth-order valence-corrected chi connectivity index (χ4v) is 3.04. The lowest BCUT2D eigenvalue weighted by Gasteiger charge is -2.18. The molecule has 1 amide bonds. The second-order valence-electron chi connectivity index (χ2n) is 6.27. The molecular weight excluding hydrogens is 284 g/mol. The number of amides is 1. The van der Waals surface area contributed by atoms with Crippen molar-refractivity contribution in [3.63, 3.8) is 0 Å². The average Bonchev–Trinajstić information content (AvgIpc) is 2.61. The molecule has 3 nitrogen and oxygen atoms in total. The van der Waals surface area contributed by atoms with Gasteiger partial charge in [-0.25, -0.2) is 0 Å². The highest BCUT2D eigenvalue weighted by molar-refractivity contribution is 5.94. The highest BCUT2D eigenvalue weighted by atomic mass is 16.1. The molecule has 0 heterocycles. The molecule has 0 radical (unpaired) electrons. The van der Waals surface area contributed by atoms with Crippen LogP contribution in [0.15, 0.2) is 35.9 Å². The fourth-order valence-electron chi connectivity index (χ4n) is 3.04. The van der Waals surface area contributed by atoms with Crippen LogP contribution in [0.2, 0.25) is 0 Å². The lowest BCUT2D eigenvalue weighted by Crippen LogP contribution is -2.25. The molecule has 2 rings (SSSR count). The van der Waals surface area contributed by atoms with Gasteiger partial charge in [0.2, 0.25) is 0 Å². The zero-order valence-corrected chi connectivity index (χ0v) is 14.6. The topological polar surface area (TPSA) is 32.3 Å². The molecule has 0 spiro atoms. The number of hydrogen-bond donors (Lipinski definition) is 1. The Hall–Kier alpha value is -1.61. The quantitative estimate of drug-likeness (QED) is 0.731. The number of nitrogens with zero attached hydrogens (tertiary/aromatic N) is 1. The van der Waals surface area contributed by atoms with Crippen LogP contribution < -0.4 is 5.32 Å². The van der Waals surface area contributed by atoms with Gasteiger partial charge in [-0.05, 0) is 62.9 Å². The minimum absolute atomic E-state index is 0.0378. The van der Waals surface area contributed by atoms with Crippen LogP contribution in [0.25, 0.3) is 0 Å². The van der Waals surface area contributed by atoms with Gasteiger partial charge in [0.05, 0.1) is 0 Å². The Labute approximate surface area is 140 Å². The monoisotopic (exact) mass is 314 g/mol. The molecular formula is C20H30N2O. The van der Waals surface area contributed by atoms with Crippen LogP contribution in [0.4, 0.5) is 0 Å². The van der Waals surface area contributed by atoms with Gasteiger partial charge in [-0.15, -0.1) is 0 Å². The van der Waals surface area contributed by atoms with Crippen molar-refractivity contribution in [3.05, 3.63) is 47.0 Å². The SMILES string of the molecule is CCN(CC)Cc1ccc(C(=O)NCCC2=CCCCC2)cc1. The number of nitrogens with one attached hydrogen (secondary N) is 1. The molecule has 0 atom stereocenters. The van der Waals surface area contributed by atoms with E-state index in [1.165, 1.54) is 36.8 Å². The largest absolute Gasteiger partial charge is 0.352 e. The standard InChI is InChI=1S/C20H30N2O/c1-3-22(4-2)16-18-10-12-19(13-11-18)20(23)21-15-14-17-8-6-5-7-9-17/h8,10-13H,3-7,9,14-16H2,1-2H3,(H,21,23). The van der Waals surface area contributed by atoms with E-state index in [0.29, 0.717) is 0 Å². The molecule has 126 valence electrons. The fraction of sp³-hybridized carbons (Fsp3) is 0.550. The Morgan fingerprint density at radius 2 is 1.87 bits per heavy atom. The first-order valence-corrected chi connectivity index (χ1v) is 9.00. The second kappa shape index (κ2) is 9.51. The molecule has 0 aromatic heterocycles. The molecule has 0 aliphatic heterocycles. The molecule has 3 heteroatoms. The molecule has 0 saturated carbocycles. The molecule has 1 N–H and O–H groups in total. The third kappa shape index (κ3) is 5.83. The number of allylic oxidation sites excluding steroid dienone is 1. The average molecular weight is 314 g/mol. The zero-order chi connectivity index (χ0) is 16.5. The summed E-state index contributed by atoms with van der Waals surface area (Å²) in [6.07, 6.45) is 8.36. The normalized spacial score (nSPS) is 14.7. The van der Waals surface area contributed by atoms with Gasteiger partial charge in [-0.1, -0.05) is 37.6 Å². The molecule has 0 saturated heterocycles. The number of carbonyl (C=O) groups is 1. The highest BCUT2D eigenvalue weighted by Crippen LogP contribution is 2.19. The number of rotatable bonds is 8. The van der Waals surface area contributed by atoms with Crippen LogP contribution >= 0.6 is 0 Å². The molecule has 1 aliphatic carbocycles. The lowest BCUT2D eigenvalue weighted by atomic mass is 9.97. The molecule has 1 aromatic rings. The molecule has 23 heavy (non-hydrogen) atoms. The van der Waals surface area contributed by atoms with Gasteiger partial charge < -0.3 is 5.32 Å². The Morgan fingerprint density at radius 3 is 2.48 bits per heavy atom. The van der Waals surface area contributed by atoms with Gasteiger partial charge in [0.15, 0.2) is 0 Å². The third-order valence-electron chi connectivity index (χ3n) is 4.63. The van der Waals surface area contributed by atoms with Gasteiger partial charge in [0, 0.05) is 18.7 Å². The van der Waals surface area contributed by atoms with Crippen LogP contribution in [0, 0.1) is 0 Å². The summed E-state index contributed by atoms with van der Waals surface area (Å²) in [7, 11) is 0. The molecule has 1 aromatic carbocycles. The zero-order valence-electron chi connectivity index (χ0n) is 14.6. The van der Waals surface area contributed by atoms with E-state index in [1.54, 1.807) is 0 Å². The predicted octanol–water partition coefficient (Wildman–Crippen LogP) is 4.15. The van der Waals surface area contributed by atoms with E-state index in [2.05, 4.69) is 42.3 Å². The van der Waals surface area contributed by atoms with E-state index >= 15 is 0 Å². The Balaban J connectivity index is 1.79. The highest BCUT2D eigenvalue weighted by Gasteiger charge is 2.08. The van der Waals surface area contributed by atoms with Crippen LogP contribution in [0.3, 0.4) is 0 Å². The second-order valence-corrected chi connectivity index (χ2v) is 6.27. The van der Waals surface area contributed by atoms with Crippen molar-refractivity contribution in [3.8, 4) is 0 Å². The summed E-state index contributed by atoms with van der Waals surface area (Å²) in [4.78, 5) is 14.6. The summed E-state index contributed by atoms with van der Waals surface area (Å²) in [5, 5.41) is 3.04. The molecule has 0 fully saturated rings. The number of hydrogen-bond acceptors (Lipinski definition) is 2. The van der Waals surface area contributed by atoms with E-state index in [-0.39, 0.29) is 5.91 Å². The van der Waals surface area contributed by atoms with Crippen molar-refractivity contribution in [2.45, 2.75) is 52.5 Å². The summed E-state index contributed by atoms with van der Waals surface area (Å²) in [6.45, 7) is 8.14. The Kier molecular flexibility index (Phi) is 7.34. The maximum Gasteiger partial charge on any atom is 0.251 e. The van der Waals surface area contributed by atoms with Crippen LogP contribution in [-0.4, -0.2) is 30.4 Å². The Morgan fingerprint density at radius 1 is 1.13 bits per heavy atom. The smallest absolute Gasteiger partial charge is 0.251 e. The van der Waals surface area contributed by atoms with Crippen molar-refractivity contribution in [1.82, 2.24) is 10.2 Å². The van der Waals surface area contributed by atoms with Crippen LogP contribution in [0.1, 0.15) is 61.9 Å². The summed E-state index contributed by atoms with van der Waals surface area (Å²) in [5.41, 5.74) is 3.52. The van der Waals surface area contributed by atoms with E-state index in [9.17, 15) is 4.79 Å². The molecule has 1 aliphatic rings. The van der Waals surface area contributed by atoms with Crippen molar-refractivity contribution in [1.29, 1.82) is 0 Å².